The van der Waals surface area contributed by atoms with E-state index in [0.717, 1.165) is 26.9 Å². The van der Waals surface area contributed by atoms with Crippen LogP contribution in [0, 0.1) is 0 Å². The second kappa shape index (κ2) is 7.36. The normalized spacial score (nSPS) is 13.3. The van der Waals surface area contributed by atoms with E-state index in [-0.39, 0.29) is 5.91 Å². The highest BCUT2D eigenvalue weighted by Crippen LogP contribution is 2.29. The van der Waals surface area contributed by atoms with Gasteiger partial charge in [-0.1, -0.05) is 53.8 Å². The summed E-state index contributed by atoms with van der Waals surface area (Å²) in [5.74, 6) is 0.105. The Morgan fingerprint density at radius 2 is 2.04 bits per heavy atom. The van der Waals surface area contributed by atoms with Crippen LogP contribution >= 0.6 is 11.3 Å². The number of nitrogens with one attached hydrogen (secondary N) is 1. The summed E-state index contributed by atoms with van der Waals surface area (Å²) in [5.41, 5.74) is 1.99. The minimum atomic E-state index is -0.537. The SMILES string of the molecule is COC(=O)Nc1nc2c(s1)CN(C(=O)Cc1cccc3ccccc13)CC2. The largest absolute Gasteiger partial charge is 0.453 e. The molecule has 138 valence electrons. The predicted octanol–water partition coefficient (Wildman–Crippen LogP) is 3.60. The van der Waals surface area contributed by atoms with Gasteiger partial charge in [-0.3, -0.25) is 10.1 Å². The molecule has 0 spiro atoms. The van der Waals surface area contributed by atoms with Crippen LogP contribution in [0.4, 0.5) is 9.93 Å². The number of hydrogen-bond donors (Lipinski definition) is 1. The van der Waals surface area contributed by atoms with Crippen molar-refractivity contribution in [2.75, 3.05) is 19.0 Å². The molecule has 3 aromatic rings. The molecule has 0 atom stereocenters. The third-order valence-electron chi connectivity index (χ3n) is 4.70. The monoisotopic (exact) mass is 381 g/mol. The lowest BCUT2D eigenvalue weighted by atomic mass is 10.0. The lowest BCUT2D eigenvalue weighted by molar-refractivity contribution is -0.131. The standard InChI is InChI=1S/C20H19N3O3S/c1-26-20(25)22-19-21-16-9-10-23(12-17(16)27-19)18(24)11-14-7-4-6-13-5-2-3-8-15(13)14/h2-8H,9-12H2,1H3,(H,21,22,25). The Kier molecular flexibility index (Phi) is 4.77. The van der Waals surface area contributed by atoms with Crippen LogP contribution in [-0.4, -0.2) is 35.5 Å². The van der Waals surface area contributed by atoms with Crippen molar-refractivity contribution in [3.63, 3.8) is 0 Å². The van der Waals surface area contributed by atoms with Gasteiger partial charge in [0.15, 0.2) is 5.13 Å². The maximum absolute atomic E-state index is 12.9. The predicted molar refractivity (Wildman–Crippen MR) is 105 cm³/mol. The van der Waals surface area contributed by atoms with E-state index < -0.39 is 6.09 Å². The fraction of sp³-hybridized carbons (Fsp3) is 0.250. The summed E-state index contributed by atoms with van der Waals surface area (Å²) in [6.07, 6.45) is 0.531. The molecule has 0 aliphatic carbocycles. The molecule has 1 N–H and O–H groups in total. The number of thiazole rings is 1. The van der Waals surface area contributed by atoms with Gasteiger partial charge in [-0.2, -0.15) is 0 Å². The van der Waals surface area contributed by atoms with E-state index in [1.807, 2.05) is 29.2 Å². The van der Waals surface area contributed by atoms with Gasteiger partial charge in [-0.15, -0.1) is 0 Å². The van der Waals surface area contributed by atoms with E-state index >= 15 is 0 Å². The van der Waals surface area contributed by atoms with E-state index in [1.54, 1.807) is 0 Å². The van der Waals surface area contributed by atoms with Gasteiger partial charge in [0.05, 0.1) is 25.8 Å². The van der Waals surface area contributed by atoms with Crippen molar-refractivity contribution in [3.8, 4) is 0 Å². The van der Waals surface area contributed by atoms with E-state index in [1.165, 1.54) is 18.4 Å². The summed E-state index contributed by atoms with van der Waals surface area (Å²) >= 11 is 1.39. The van der Waals surface area contributed by atoms with Crippen molar-refractivity contribution < 1.29 is 14.3 Å². The van der Waals surface area contributed by atoms with E-state index in [2.05, 4.69) is 33.2 Å². The zero-order valence-electron chi connectivity index (χ0n) is 14.9. The molecule has 27 heavy (non-hydrogen) atoms. The molecule has 7 heteroatoms. The first kappa shape index (κ1) is 17.5. The highest BCUT2D eigenvalue weighted by Gasteiger charge is 2.25. The Balaban J connectivity index is 1.48. The first-order valence-electron chi connectivity index (χ1n) is 8.72. The van der Waals surface area contributed by atoms with Gasteiger partial charge in [0, 0.05) is 17.8 Å². The number of fused-ring (bicyclic) bond motifs is 2. The topological polar surface area (TPSA) is 71.5 Å². The average Bonchev–Trinajstić information content (AvgIpc) is 3.09. The fourth-order valence-corrected chi connectivity index (χ4v) is 4.33. The Bertz CT molecular complexity index is 1010. The molecule has 4 rings (SSSR count). The van der Waals surface area contributed by atoms with E-state index in [9.17, 15) is 9.59 Å². The van der Waals surface area contributed by atoms with Crippen LogP contribution in [0.3, 0.4) is 0 Å². The molecule has 0 saturated carbocycles. The Labute approximate surface area is 160 Å². The number of aromatic nitrogens is 1. The van der Waals surface area contributed by atoms with Crippen LogP contribution in [-0.2, 0) is 28.9 Å². The Morgan fingerprint density at radius 3 is 2.89 bits per heavy atom. The Morgan fingerprint density at radius 1 is 1.22 bits per heavy atom. The smallest absolute Gasteiger partial charge is 0.413 e. The molecular weight excluding hydrogens is 362 g/mol. The molecule has 1 aromatic heterocycles. The van der Waals surface area contributed by atoms with Gasteiger partial charge in [-0.05, 0) is 16.3 Å². The molecule has 2 aromatic carbocycles. The van der Waals surface area contributed by atoms with Gasteiger partial charge in [0.25, 0.3) is 0 Å². The van der Waals surface area contributed by atoms with Crippen LogP contribution in [0.1, 0.15) is 16.1 Å². The van der Waals surface area contributed by atoms with Crippen molar-refractivity contribution in [1.29, 1.82) is 0 Å². The quantitative estimate of drug-likeness (QED) is 0.752. The minimum absolute atomic E-state index is 0.105. The van der Waals surface area contributed by atoms with Crippen LogP contribution in [0.5, 0.6) is 0 Å². The Hall–Kier alpha value is -2.93. The average molecular weight is 381 g/mol. The highest BCUT2D eigenvalue weighted by atomic mass is 32.1. The second-order valence-electron chi connectivity index (χ2n) is 6.39. The molecular formula is C20H19N3O3S. The molecule has 0 bridgehead atoms. The second-order valence-corrected chi connectivity index (χ2v) is 7.47. The molecule has 2 amide bonds. The van der Waals surface area contributed by atoms with Crippen molar-refractivity contribution in [2.24, 2.45) is 0 Å². The lowest BCUT2D eigenvalue weighted by Gasteiger charge is -2.26. The number of carbonyl (C=O) groups is 2. The summed E-state index contributed by atoms with van der Waals surface area (Å²) < 4.78 is 4.60. The van der Waals surface area contributed by atoms with Crippen LogP contribution < -0.4 is 5.32 Å². The van der Waals surface area contributed by atoms with Crippen LogP contribution in [0.15, 0.2) is 42.5 Å². The van der Waals surface area contributed by atoms with Crippen molar-refractivity contribution >= 4 is 39.2 Å². The summed E-state index contributed by atoms with van der Waals surface area (Å²) in [7, 11) is 1.32. The number of amides is 2. The molecule has 0 saturated heterocycles. The van der Waals surface area contributed by atoms with Gasteiger partial charge in [0.1, 0.15) is 0 Å². The summed E-state index contributed by atoms with van der Waals surface area (Å²) in [4.78, 5) is 31.5. The third-order valence-corrected chi connectivity index (χ3v) is 5.70. The molecule has 0 radical (unpaired) electrons. The number of methoxy groups -OCH3 is 1. The number of ether oxygens (including phenoxy) is 1. The molecule has 0 fully saturated rings. The van der Waals surface area contributed by atoms with Gasteiger partial charge >= 0.3 is 6.09 Å². The van der Waals surface area contributed by atoms with Crippen molar-refractivity contribution in [1.82, 2.24) is 9.88 Å². The zero-order valence-corrected chi connectivity index (χ0v) is 15.7. The van der Waals surface area contributed by atoms with Crippen LogP contribution in [0.2, 0.25) is 0 Å². The summed E-state index contributed by atoms with van der Waals surface area (Å²) in [6.45, 7) is 1.16. The fourth-order valence-electron chi connectivity index (χ4n) is 3.32. The molecule has 2 heterocycles. The number of benzene rings is 2. The maximum Gasteiger partial charge on any atom is 0.413 e. The first-order chi connectivity index (χ1) is 13.1. The minimum Gasteiger partial charge on any atom is -0.453 e. The summed E-state index contributed by atoms with van der Waals surface area (Å²) in [5, 5.41) is 5.37. The number of rotatable bonds is 3. The van der Waals surface area contributed by atoms with Gasteiger partial charge in [0.2, 0.25) is 5.91 Å². The number of carbonyl (C=O) groups excluding carboxylic acids is 2. The third kappa shape index (κ3) is 3.64. The van der Waals surface area contributed by atoms with Crippen molar-refractivity contribution in [3.05, 3.63) is 58.6 Å². The maximum atomic E-state index is 12.9. The zero-order chi connectivity index (χ0) is 18.8. The van der Waals surface area contributed by atoms with E-state index in [0.29, 0.717) is 31.1 Å². The summed E-state index contributed by atoms with van der Waals surface area (Å²) in [6, 6.07) is 14.2. The molecule has 6 nitrogen and oxygen atoms in total. The van der Waals surface area contributed by atoms with Gasteiger partial charge in [-0.25, -0.2) is 9.78 Å². The van der Waals surface area contributed by atoms with Crippen LogP contribution in [0.25, 0.3) is 10.8 Å². The highest BCUT2D eigenvalue weighted by molar-refractivity contribution is 7.15. The van der Waals surface area contributed by atoms with Gasteiger partial charge < -0.3 is 9.64 Å². The number of hydrogen-bond acceptors (Lipinski definition) is 5. The molecule has 0 unspecified atom stereocenters. The number of nitrogens with zero attached hydrogens (tertiary/aromatic N) is 2. The lowest BCUT2D eigenvalue weighted by Crippen LogP contribution is -2.36. The van der Waals surface area contributed by atoms with Crippen molar-refractivity contribution in [2.45, 2.75) is 19.4 Å². The first-order valence-corrected chi connectivity index (χ1v) is 9.53. The van der Waals surface area contributed by atoms with E-state index in [4.69, 9.17) is 0 Å². The molecule has 1 aliphatic heterocycles. The molecule has 1 aliphatic rings. The number of anilines is 1.